The molecule has 20 heavy (non-hydrogen) atoms. The van der Waals surface area contributed by atoms with Gasteiger partial charge < -0.3 is 5.32 Å². The fourth-order valence-corrected chi connectivity index (χ4v) is 2.89. The van der Waals surface area contributed by atoms with Gasteiger partial charge in [0.05, 0.1) is 0 Å². The largest absolute Gasteiger partial charge is 0.389 e. The van der Waals surface area contributed by atoms with Crippen LogP contribution in [0.3, 0.4) is 0 Å². The number of likely N-dealkylation sites (tertiary alicyclic amines) is 1. The maximum absolute atomic E-state index is 12.1. The highest BCUT2D eigenvalue weighted by atomic mass is 19.4. The molecule has 120 valence electrons. The van der Waals surface area contributed by atoms with E-state index >= 15 is 0 Å². The molecule has 1 heterocycles. The number of nitrogens with one attached hydrogen (secondary N) is 1. The Hall–Kier alpha value is -0.290. The van der Waals surface area contributed by atoms with Gasteiger partial charge in [-0.1, -0.05) is 13.8 Å². The van der Waals surface area contributed by atoms with Crippen LogP contribution in [-0.2, 0) is 0 Å². The molecule has 0 aromatic carbocycles. The van der Waals surface area contributed by atoms with Crippen molar-refractivity contribution in [3.05, 3.63) is 0 Å². The minimum absolute atomic E-state index is 0.154. The number of halogens is 3. The van der Waals surface area contributed by atoms with Gasteiger partial charge in [-0.15, -0.1) is 0 Å². The first-order valence-electron chi connectivity index (χ1n) is 7.84. The molecule has 2 atom stereocenters. The Kier molecular flexibility index (Phi) is 7.30. The van der Waals surface area contributed by atoms with E-state index in [-0.39, 0.29) is 12.5 Å². The third kappa shape index (κ3) is 6.93. The third-order valence-electron chi connectivity index (χ3n) is 4.15. The molecule has 1 saturated heterocycles. The normalized spacial score (nSPS) is 20.6. The Balaban J connectivity index is 2.24. The van der Waals surface area contributed by atoms with Crippen molar-refractivity contribution < 1.29 is 13.2 Å². The smallest absolute Gasteiger partial charge is 0.313 e. The summed E-state index contributed by atoms with van der Waals surface area (Å²) in [5, 5.41) is 3.42. The second-order valence-corrected chi connectivity index (χ2v) is 6.37. The second kappa shape index (κ2) is 8.23. The summed E-state index contributed by atoms with van der Waals surface area (Å²) < 4.78 is 36.3. The monoisotopic (exact) mass is 294 g/mol. The summed E-state index contributed by atoms with van der Waals surface area (Å²) in [7, 11) is 0. The van der Waals surface area contributed by atoms with Crippen molar-refractivity contribution >= 4 is 0 Å². The molecule has 0 spiro atoms. The van der Waals surface area contributed by atoms with Gasteiger partial charge in [0.2, 0.25) is 0 Å². The van der Waals surface area contributed by atoms with Crippen LogP contribution in [-0.4, -0.2) is 42.8 Å². The fourth-order valence-electron chi connectivity index (χ4n) is 2.89. The Morgan fingerprint density at radius 1 is 1.10 bits per heavy atom. The molecule has 0 aliphatic carbocycles. The lowest BCUT2D eigenvalue weighted by atomic mass is 10.0. The van der Waals surface area contributed by atoms with Crippen LogP contribution in [0.5, 0.6) is 0 Å². The maximum atomic E-state index is 12.1. The Morgan fingerprint density at radius 2 is 1.70 bits per heavy atom. The molecule has 0 bridgehead atoms. The van der Waals surface area contributed by atoms with Crippen molar-refractivity contribution in [3.63, 3.8) is 0 Å². The number of rotatable bonds is 8. The average molecular weight is 294 g/mol. The third-order valence-corrected chi connectivity index (χ3v) is 4.15. The van der Waals surface area contributed by atoms with E-state index in [1.165, 1.54) is 12.8 Å². The van der Waals surface area contributed by atoms with E-state index in [9.17, 15) is 13.2 Å². The number of hydrogen-bond acceptors (Lipinski definition) is 2. The van der Waals surface area contributed by atoms with Gasteiger partial charge in [-0.25, -0.2) is 0 Å². The predicted octanol–water partition coefficient (Wildman–Crippen LogP) is 3.82. The van der Waals surface area contributed by atoms with Crippen molar-refractivity contribution in [2.75, 3.05) is 19.6 Å². The highest BCUT2D eigenvalue weighted by Crippen LogP contribution is 2.23. The number of nitrogens with zero attached hydrogens (tertiary/aromatic N) is 1. The molecule has 2 nitrogen and oxygen atoms in total. The zero-order valence-electron chi connectivity index (χ0n) is 13.0. The van der Waals surface area contributed by atoms with E-state index in [0.717, 1.165) is 19.6 Å². The van der Waals surface area contributed by atoms with Crippen molar-refractivity contribution in [1.82, 2.24) is 10.2 Å². The molecule has 1 rings (SSSR count). The first-order valence-corrected chi connectivity index (χ1v) is 7.84. The van der Waals surface area contributed by atoms with E-state index in [1.807, 2.05) is 6.92 Å². The summed E-state index contributed by atoms with van der Waals surface area (Å²) in [6.45, 7) is 9.63. The van der Waals surface area contributed by atoms with Crippen molar-refractivity contribution in [1.29, 1.82) is 0 Å². The Labute approximate surface area is 121 Å². The molecule has 5 heteroatoms. The van der Waals surface area contributed by atoms with Gasteiger partial charge in [0, 0.05) is 25.0 Å². The van der Waals surface area contributed by atoms with Crippen molar-refractivity contribution in [2.24, 2.45) is 5.92 Å². The van der Waals surface area contributed by atoms with E-state index in [0.29, 0.717) is 18.4 Å². The SMILES string of the molecule is CC(CCCC(F)(F)F)NCC(C(C)C)N1CCCC1. The van der Waals surface area contributed by atoms with Gasteiger partial charge in [-0.2, -0.15) is 13.2 Å². The first kappa shape index (κ1) is 17.8. The van der Waals surface area contributed by atoms with Crippen LogP contribution in [0, 0.1) is 5.92 Å². The molecule has 0 aromatic rings. The lowest BCUT2D eigenvalue weighted by Gasteiger charge is -2.32. The molecule has 0 amide bonds. The minimum atomic E-state index is -4.02. The summed E-state index contributed by atoms with van der Waals surface area (Å²) in [6.07, 6.45) is -1.35. The molecular formula is C15H29F3N2. The molecule has 1 aliphatic rings. The van der Waals surface area contributed by atoms with E-state index in [4.69, 9.17) is 0 Å². The van der Waals surface area contributed by atoms with Crippen LogP contribution in [0.2, 0.25) is 0 Å². The van der Waals surface area contributed by atoms with Crippen LogP contribution in [0.4, 0.5) is 13.2 Å². The van der Waals surface area contributed by atoms with Gasteiger partial charge in [-0.3, -0.25) is 4.90 Å². The van der Waals surface area contributed by atoms with Crippen molar-refractivity contribution in [3.8, 4) is 0 Å². The van der Waals surface area contributed by atoms with Crippen LogP contribution < -0.4 is 5.32 Å². The zero-order valence-corrected chi connectivity index (χ0v) is 13.0. The molecule has 0 radical (unpaired) electrons. The van der Waals surface area contributed by atoms with E-state index < -0.39 is 12.6 Å². The Bertz CT molecular complexity index is 260. The molecule has 1 aliphatic heterocycles. The molecule has 1 fully saturated rings. The van der Waals surface area contributed by atoms with Crippen molar-refractivity contribution in [2.45, 2.75) is 71.1 Å². The second-order valence-electron chi connectivity index (χ2n) is 6.37. The summed E-state index contributed by atoms with van der Waals surface area (Å²) >= 11 is 0. The van der Waals surface area contributed by atoms with Crippen LogP contribution >= 0.6 is 0 Å². The minimum Gasteiger partial charge on any atom is -0.313 e. The molecule has 1 N–H and O–H groups in total. The van der Waals surface area contributed by atoms with Gasteiger partial charge >= 0.3 is 6.18 Å². The summed E-state index contributed by atoms with van der Waals surface area (Å²) in [6, 6.07) is 0.656. The highest BCUT2D eigenvalue weighted by Gasteiger charge is 2.27. The molecule has 0 saturated carbocycles. The van der Waals surface area contributed by atoms with Gasteiger partial charge in [0.15, 0.2) is 0 Å². The quantitative estimate of drug-likeness (QED) is 0.732. The predicted molar refractivity (Wildman–Crippen MR) is 76.8 cm³/mol. The first-order chi connectivity index (χ1) is 9.29. The molecule has 2 unspecified atom stereocenters. The molecule has 0 aromatic heterocycles. The van der Waals surface area contributed by atoms with E-state index in [1.54, 1.807) is 0 Å². The number of hydrogen-bond donors (Lipinski definition) is 1. The van der Waals surface area contributed by atoms with Crippen LogP contribution in [0.15, 0.2) is 0 Å². The van der Waals surface area contributed by atoms with Gasteiger partial charge in [-0.05, 0) is 51.6 Å². The van der Waals surface area contributed by atoms with Gasteiger partial charge in [0.1, 0.15) is 0 Å². The number of alkyl halides is 3. The maximum Gasteiger partial charge on any atom is 0.389 e. The summed E-state index contributed by atoms with van der Waals surface area (Å²) in [5.74, 6) is 0.572. The van der Waals surface area contributed by atoms with Crippen LogP contribution in [0.1, 0.15) is 52.9 Å². The summed E-state index contributed by atoms with van der Waals surface area (Å²) in [5.41, 5.74) is 0. The highest BCUT2D eigenvalue weighted by molar-refractivity contribution is 4.81. The summed E-state index contributed by atoms with van der Waals surface area (Å²) in [4.78, 5) is 2.51. The lowest BCUT2D eigenvalue weighted by molar-refractivity contribution is -0.135. The van der Waals surface area contributed by atoms with E-state index in [2.05, 4.69) is 24.1 Å². The zero-order chi connectivity index (χ0) is 15.2. The Morgan fingerprint density at radius 3 is 2.20 bits per heavy atom. The molecular weight excluding hydrogens is 265 g/mol. The van der Waals surface area contributed by atoms with Gasteiger partial charge in [0.25, 0.3) is 0 Å². The fraction of sp³-hybridized carbons (Fsp3) is 1.00. The lowest BCUT2D eigenvalue weighted by Crippen LogP contribution is -2.46. The standard InChI is InChI=1S/C15H29F3N2/c1-12(2)14(20-9-4-5-10-20)11-19-13(3)7-6-8-15(16,17)18/h12-14,19H,4-11H2,1-3H3. The average Bonchev–Trinajstić information content (AvgIpc) is 2.80. The van der Waals surface area contributed by atoms with Crippen LogP contribution in [0.25, 0.3) is 0 Å². The topological polar surface area (TPSA) is 15.3 Å².